The first kappa shape index (κ1) is 16.4. The van der Waals surface area contributed by atoms with Crippen LogP contribution in [0.15, 0.2) is 42.7 Å². The van der Waals surface area contributed by atoms with E-state index in [1.165, 1.54) is 5.56 Å². The van der Waals surface area contributed by atoms with Crippen LogP contribution in [-0.4, -0.2) is 41.7 Å². The first-order valence-electron chi connectivity index (χ1n) is 8.31. The second-order valence-electron chi connectivity index (χ2n) is 5.80. The van der Waals surface area contributed by atoms with E-state index in [-0.39, 0.29) is 12.0 Å². The molecule has 1 unspecified atom stereocenters. The first-order chi connectivity index (χ1) is 11.8. The van der Waals surface area contributed by atoms with Crippen molar-refractivity contribution in [2.75, 3.05) is 25.0 Å². The van der Waals surface area contributed by atoms with Gasteiger partial charge in [-0.3, -0.25) is 4.79 Å². The van der Waals surface area contributed by atoms with E-state index in [1.54, 1.807) is 12.4 Å². The molecule has 1 atom stereocenters. The second kappa shape index (κ2) is 8.40. The van der Waals surface area contributed by atoms with E-state index in [9.17, 15) is 4.79 Å². The van der Waals surface area contributed by atoms with Crippen molar-refractivity contribution in [3.8, 4) is 0 Å². The third kappa shape index (κ3) is 4.76. The molecular weight excluding hydrogens is 304 g/mol. The number of nitrogens with zero attached hydrogens (tertiary/aromatic N) is 2. The van der Waals surface area contributed by atoms with E-state index in [4.69, 9.17) is 4.74 Å². The smallest absolute Gasteiger partial charge is 0.254 e. The zero-order chi connectivity index (χ0) is 16.6. The maximum atomic E-state index is 12.0. The van der Waals surface area contributed by atoms with Crippen molar-refractivity contribution in [2.45, 2.75) is 25.4 Å². The van der Waals surface area contributed by atoms with E-state index >= 15 is 0 Å². The lowest BCUT2D eigenvalue weighted by Crippen LogP contribution is -2.31. The van der Waals surface area contributed by atoms with E-state index < -0.39 is 0 Å². The minimum Gasteiger partial charge on any atom is -0.376 e. The number of hydrogen-bond acceptors (Lipinski definition) is 5. The lowest BCUT2D eigenvalue weighted by molar-refractivity contribution is 0.0857. The summed E-state index contributed by atoms with van der Waals surface area (Å²) < 4.78 is 5.48. The molecule has 1 fully saturated rings. The Morgan fingerprint density at radius 3 is 2.71 bits per heavy atom. The molecule has 1 aromatic heterocycles. The molecule has 6 nitrogen and oxygen atoms in total. The molecular formula is C18H22N4O2. The Morgan fingerprint density at radius 2 is 2.00 bits per heavy atom. The van der Waals surface area contributed by atoms with Gasteiger partial charge in [0.2, 0.25) is 5.95 Å². The monoisotopic (exact) mass is 326 g/mol. The normalized spacial score (nSPS) is 16.8. The van der Waals surface area contributed by atoms with Crippen LogP contribution in [0.25, 0.3) is 0 Å². The molecule has 1 amide bonds. The highest BCUT2D eigenvalue weighted by Crippen LogP contribution is 2.11. The van der Waals surface area contributed by atoms with Crippen molar-refractivity contribution in [2.24, 2.45) is 0 Å². The van der Waals surface area contributed by atoms with Gasteiger partial charge in [0.1, 0.15) is 0 Å². The largest absolute Gasteiger partial charge is 0.376 e. The lowest BCUT2D eigenvalue weighted by atomic mass is 10.1. The Bertz CT molecular complexity index is 640. The van der Waals surface area contributed by atoms with Crippen LogP contribution in [0.3, 0.4) is 0 Å². The summed E-state index contributed by atoms with van der Waals surface area (Å²) in [6.45, 7) is 2.07. The van der Waals surface area contributed by atoms with Crippen LogP contribution in [0.4, 0.5) is 5.95 Å². The number of hydrogen-bond donors (Lipinski definition) is 2. The van der Waals surface area contributed by atoms with Gasteiger partial charge in [0.25, 0.3) is 5.91 Å². The predicted octanol–water partition coefficient (Wildman–Crippen LogP) is 2.04. The van der Waals surface area contributed by atoms with Gasteiger partial charge in [0.15, 0.2) is 0 Å². The number of carbonyl (C=O) groups is 1. The first-order valence-corrected chi connectivity index (χ1v) is 8.31. The molecule has 0 spiro atoms. The average Bonchev–Trinajstić information content (AvgIpc) is 3.15. The van der Waals surface area contributed by atoms with Crippen molar-refractivity contribution in [1.82, 2.24) is 15.3 Å². The standard InChI is InChI=1S/C18H22N4O2/c23-17(20-13-16-7-4-10-24-16)15-11-21-18(22-12-15)19-9-8-14-5-2-1-3-6-14/h1-3,5-6,11-12,16H,4,7-10,13H2,(H,20,23)(H,19,21,22). The number of aromatic nitrogens is 2. The summed E-state index contributed by atoms with van der Waals surface area (Å²) in [5.41, 5.74) is 1.72. The number of ether oxygens (including phenoxy) is 1. The maximum Gasteiger partial charge on any atom is 0.254 e. The number of carbonyl (C=O) groups excluding carboxylic acids is 1. The highest BCUT2D eigenvalue weighted by molar-refractivity contribution is 5.93. The van der Waals surface area contributed by atoms with Gasteiger partial charge in [-0.15, -0.1) is 0 Å². The number of benzene rings is 1. The molecule has 126 valence electrons. The zero-order valence-electron chi connectivity index (χ0n) is 13.6. The van der Waals surface area contributed by atoms with Crippen molar-refractivity contribution >= 4 is 11.9 Å². The predicted molar refractivity (Wildman–Crippen MR) is 92.0 cm³/mol. The van der Waals surface area contributed by atoms with Crippen molar-refractivity contribution in [1.29, 1.82) is 0 Å². The fourth-order valence-corrected chi connectivity index (χ4v) is 2.61. The Balaban J connectivity index is 1.43. The van der Waals surface area contributed by atoms with Crippen LogP contribution in [0.1, 0.15) is 28.8 Å². The quantitative estimate of drug-likeness (QED) is 0.814. The average molecular weight is 326 g/mol. The van der Waals surface area contributed by atoms with Crippen molar-refractivity contribution in [3.05, 3.63) is 53.9 Å². The van der Waals surface area contributed by atoms with Crippen molar-refractivity contribution < 1.29 is 9.53 Å². The van der Waals surface area contributed by atoms with E-state index in [0.29, 0.717) is 18.1 Å². The fourth-order valence-electron chi connectivity index (χ4n) is 2.61. The van der Waals surface area contributed by atoms with Crippen LogP contribution < -0.4 is 10.6 Å². The van der Waals surface area contributed by atoms with Crippen LogP contribution >= 0.6 is 0 Å². The van der Waals surface area contributed by atoms with Gasteiger partial charge < -0.3 is 15.4 Å². The van der Waals surface area contributed by atoms with Crippen LogP contribution in [0, 0.1) is 0 Å². The molecule has 3 rings (SSSR count). The van der Waals surface area contributed by atoms with Gasteiger partial charge in [0.05, 0.1) is 11.7 Å². The second-order valence-corrected chi connectivity index (χ2v) is 5.80. The van der Waals surface area contributed by atoms with Crippen LogP contribution in [0.5, 0.6) is 0 Å². The van der Waals surface area contributed by atoms with E-state index in [0.717, 1.165) is 32.4 Å². The Labute approximate surface area is 141 Å². The molecule has 0 aliphatic carbocycles. The third-order valence-electron chi connectivity index (χ3n) is 3.97. The summed E-state index contributed by atoms with van der Waals surface area (Å²) in [5, 5.41) is 6.02. The molecule has 1 saturated heterocycles. The van der Waals surface area contributed by atoms with Gasteiger partial charge in [-0.25, -0.2) is 9.97 Å². The van der Waals surface area contributed by atoms with Gasteiger partial charge in [-0.05, 0) is 24.8 Å². The molecule has 2 N–H and O–H groups in total. The maximum absolute atomic E-state index is 12.0. The van der Waals surface area contributed by atoms with Crippen LogP contribution in [-0.2, 0) is 11.2 Å². The lowest BCUT2D eigenvalue weighted by Gasteiger charge is -2.10. The van der Waals surface area contributed by atoms with E-state index in [1.807, 2.05) is 18.2 Å². The van der Waals surface area contributed by atoms with Gasteiger partial charge >= 0.3 is 0 Å². The van der Waals surface area contributed by atoms with Gasteiger partial charge in [-0.1, -0.05) is 30.3 Å². The van der Waals surface area contributed by atoms with Gasteiger partial charge in [0, 0.05) is 32.1 Å². The SMILES string of the molecule is O=C(NCC1CCCO1)c1cnc(NCCc2ccccc2)nc1. The molecule has 6 heteroatoms. The van der Waals surface area contributed by atoms with Crippen molar-refractivity contribution in [3.63, 3.8) is 0 Å². The number of anilines is 1. The fraction of sp³-hybridized carbons (Fsp3) is 0.389. The summed E-state index contributed by atoms with van der Waals surface area (Å²) in [6.07, 6.45) is 6.18. The summed E-state index contributed by atoms with van der Waals surface area (Å²) >= 11 is 0. The number of nitrogens with one attached hydrogen (secondary N) is 2. The topological polar surface area (TPSA) is 76.1 Å². The molecule has 1 aliphatic rings. The summed E-state index contributed by atoms with van der Waals surface area (Å²) in [7, 11) is 0. The van der Waals surface area contributed by atoms with Crippen LogP contribution in [0.2, 0.25) is 0 Å². The summed E-state index contributed by atoms with van der Waals surface area (Å²) in [4.78, 5) is 20.4. The highest BCUT2D eigenvalue weighted by atomic mass is 16.5. The minimum atomic E-state index is -0.165. The molecule has 1 aromatic carbocycles. The zero-order valence-corrected chi connectivity index (χ0v) is 13.6. The molecule has 2 heterocycles. The summed E-state index contributed by atoms with van der Waals surface area (Å²) in [5.74, 6) is 0.364. The Hall–Kier alpha value is -2.47. The Kier molecular flexibility index (Phi) is 5.74. The molecule has 24 heavy (non-hydrogen) atoms. The third-order valence-corrected chi connectivity index (χ3v) is 3.97. The van der Waals surface area contributed by atoms with E-state index in [2.05, 4.69) is 32.7 Å². The molecule has 0 bridgehead atoms. The van der Waals surface area contributed by atoms with Gasteiger partial charge in [-0.2, -0.15) is 0 Å². The number of amides is 1. The highest BCUT2D eigenvalue weighted by Gasteiger charge is 2.16. The molecule has 2 aromatic rings. The molecule has 0 saturated carbocycles. The Morgan fingerprint density at radius 1 is 1.21 bits per heavy atom. The molecule has 0 radical (unpaired) electrons. The number of rotatable bonds is 7. The molecule has 1 aliphatic heterocycles. The summed E-state index contributed by atoms with van der Waals surface area (Å²) in [6, 6.07) is 10.2. The minimum absolute atomic E-state index is 0.133.